The minimum absolute atomic E-state index is 0.295. The number of halogens is 1. The van der Waals surface area contributed by atoms with Gasteiger partial charge in [-0.2, -0.15) is 10.2 Å². The van der Waals surface area contributed by atoms with E-state index in [-0.39, 0.29) is 5.91 Å². The monoisotopic (exact) mass is 445 g/mol. The summed E-state index contributed by atoms with van der Waals surface area (Å²) >= 11 is 4.99. The van der Waals surface area contributed by atoms with Crippen molar-refractivity contribution in [3.8, 4) is 10.6 Å². The molecule has 0 radical (unpaired) electrons. The molecule has 3 rings (SSSR count). The summed E-state index contributed by atoms with van der Waals surface area (Å²) in [5.74, 6) is -0.357. The largest absolute Gasteiger partial charge is 0.372 e. The van der Waals surface area contributed by atoms with E-state index in [1.165, 1.54) is 5.69 Å². The van der Waals surface area contributed by atoms with E-state index in [0.29, 0.717) is 5.69 Å². The minimum Gasteiger partial charge on any atom is -0.372 e. The number of hydrazone groups is 1. The third-order valence-corrected chi connectivity index (χ3v) is 5.71. The van der Waals surface area contributed by atoms with Crippen molar-refractivity contribution in [2.45, 2.75) is 13.8 Å². The number of rotatable bonds is 7. The Hall–Kier alpha value is -2.45. The van der Waals surface area contributed by atoms with Gasteiger partial charge in [0.05, 0.1) is 20.6 Å². The van der Waals surface area contributed by atoms with Gasteiger partial charge in [0.15, 0.2) is 5.69 Å². The predicted octanol–water partition coefficient (Wildman–Crippen LogP) is 4.51. The van der Waals surface area contributed by atoms with Crippen molar-refractivity contribution < 1.29 is 4.79 Å². The fourth-order valence-electron chi connectivity index (χ4n) is 2.61. The van der Waals surface area contributed by atoms with Crippen LogP contribution in [0.4, 0.5) is 5.69 Å². The van der Waals surface area contributed by atoms with E-state index in [4.69, 9.17) is 0 Å². The van der Waals surface area contributed by atoms with Crippen LogP contribution in [0.2, 0.25) is 0 Å². The lowest BCUT2D eigenvalue weighted by molar-refractivity contribution is 0.0950. The number of benzene rings is 1. The zero-order chi connectivity index (χ0) is 19.2. The van der Waals surface area contributed by atoms with E-state index in [0.717, 1.165) is 33.0 Å². The number of nitrogens with zero attached hydrogens (tertiary/aromatic N) is 3. The maximum atomic E-state index is 12.2. The Balaban J connectivity index is 1.59. The van der Waals surface area contributed by atoms with Crippen LogP contribution in [-0.4, -0.2) is 35.4 Å². The van der Waals surface area contributed by atoms with Gasteiger partial charge in [0, 0.05) is 18.8 Å². The Labute approximate surface area is 170 Å². The number of carbonyl (C=O) groups excluding carboxylic acids is 1. The fraction of sp³-hybridized carbons (Fsp3) is 0.211. The van der Waals surface area contributed by atoms with Crippen molar-refractivity contribution in [1.82, 2.24) is 15.6 Å². The van der Waals surface area contributed by atoms with Crippen LogP contribution in [-0.2, 0) is 0 Å². The van der Waals surface area contributed by atoms with Gasteiger partial charge in [0.2, 0.25) is 0 Å². The molecular weight excluding hydrogens is 426 g/mol. The van der Waals surface area contributed by atoms with Gasteiger partial charge in [-0.25, -0.2) is 5.43 Å². The molecule has 0 unspecified atom stereocenters. The third-order valence-electron chi connectivity index (χ3n) is 4.05. The Morgan fingerprint density at radius 1 is 1.26 bits per heavy atom. The van der Waals surface area contributed by atoms with Crippen molar-refractivity contribution in [3.05, 3.63) is 57.5 Å². The number of amides is 1. The van der Waals surface area contributed by atoms with E-state index in [1.807, 2.05) is 24.3 Å². The highest BCUT2D eigenvalue weighted by molar-refractivity contribution is 9.11. The van der Waals surface area contributed by atoms with Crippen molar-refractivity contribution in [2.24, 2.45) is 5.10 Å². The lowest BCUT2D eigenvalue weighted by Gasteiger charge is -2.20. The number of H-pyrrole nitrogens is 1. The highest BCUT2D eigenvalue weighted by Gasteiger charge is 2.11. The highest BCUT2D eigenvalue weighted by atomic mass is 79.9. The van der Waals surface area contributed by atoms with Crippen LogP contribution in [0.1, 0.15) is 29.9 Å². The Bertz CT molecular complexity index is 928. The summed E-state index contributed by atoms with van der Waals surface area (Å²) in [6.45, 7) is 6.19. The molecule has 0 fully saturated rings. The van der Waals surface area contributed by atoms with Crippen LogP contribution in [0.3, 0.4) is 0 Å². The van der Waals surface area contributed by atoms with Crippen LogP contribution in [0.5, 0.6) is 0 Å². The molecular formula is C19H20BrN5OS. The Kier molecular flexibility index (Phi) is 6.41. The number of nitrogens with one attached hydrogen (secondary N) is 2. The zero-order valence-corrected chi connectivity index (χ0v) is 17.5. The molecule has 0 atom stereocenters. The summed E-state index contributed by atoms with van der Waals surface area (Å²) in [6.07, 6.45) is 1.62. The van der Waals surface area contributed by atoms with Gasteiger partial charge in [0.25, 0.3) is 5.91 Å². The summed E-state index contributed by atoms with van der Waals surface area (Å²) in [5, 5.41) is 10.9. The molecule has 27 heavy (non-hydrogen) atoms. The number of hydrogen-bond donors (Lipinski definition) is 2. The van der Waals surface area contributed by atoms with E-state index >= 15 is 0 Å². The quantitative estimate of drug-likeness (QED) is 0.414. The van der Waals surface area contributed by atoms with E-state index < -0.39 is 0 Å². The second-order valence-corrected chi connectivity index (χ2v) is 8.20. The number of thiophene rings is 1. The van der Waals surface area contributed by atoms with Gasteiger partial charge >= 0.3 is 0 Å². The van der Waals surface area contributed by atoms with Crippen molar-refractivity contribution >= 4 is 45.1 Å². The fourth-order valence-corrected chi connectivity index (χ4v) is 3.96. The molecule has 0 aliphatic heterocycles. The lowest BCUT2D eigenvalue weighted by Crippen LogP contribution is -2.21. The molecule has 0 aliphatic carbocycles. The molecule has 0 bridgehead atoms. The third kappa shape index (κ3) is 4.84. The van der Waals surface area contributed by atoms with Gasteiger partial charge in [-0.05, 0) is 65.7 Å². The molecule has 0 spiro atoms. The number of carbonyl (C=O) groups is 1. The summed E-state index contributed by atoms with van der Waals surface area (Å²) in [7, 11) is 0. The topological polar surface area (TPSA) is 73.4 Å². The minimum atomic E-state index is -0.357. The summed E-state index contributed by atoms with van der Waals surface area (Å²) in [6, 6.07) is 13.7. The standard InChI is InChI=1S/C19H20BrN5OS/c1-3-25(4-2)14-7-5-13(6-8-14)12-21-24-19(26)16-11-15(22-23-16)17-9-10-18(20)27-17/h5-12H,3-4H2,1-2H3,(H,22,23)(H,24,26)/b21-12+. The first-order valence-electron chi connectivity index (χ1n) is 8.60. The SMILES string of the molecule is CCN(CC)c1ccc(/C=N/NC(=O)c2cc(-c3ccc(Br)s3)[nH]n2)cc1. The van der Waals surface area contributed by atoms with Gasteiger partial charge in [-0.3, -0.25) is 9.89 Å². The molecule has 2 heterocycles. The molecule has 2 N–H and O–H groups in total. The number of anilines is 1. The Morgan fingerprint density at radius 3 is 2.63 bits per heavy atom. The second kappa shape index (κ2) is 8.96. The molecule has 3 aromatic rings. The smallest absolute Gasteiger partial charge is 0.291 e. The van der Waals surface area contributed by atoms with Gasteiger partial charge in [0.1, 0.15) is 0 Å². The molecule has 0 saturated carbocycles. The first-order chi connectivity index (χ1) is 13.1. The first kappa shape index (κ1) is 19.3. The van der Waals surface area contributed by atoms with E-state index in [9.17, 15) is 4.79 Å². The summed E-state index contributed by atoms with van der Waals surface area (Å²) in [4.78, 5) is 15.5. The molecule has 140 valence electrons. The van der Waals surface area contributed by atoms with E-state index in [1.54, 1.807) is 23.6 Å². The van der Waals surface area contributed by atoms with Crippen LogP contribution in [0, 0.1) is 0 Å². The van der Waals surface area contributed by atoms with Gasteiger partial charge < -0.3 is 4.90 Å². The maximum absolute atomic E-state index is 12.2. The highest BCUT2D eigenvalue weighted by Crippen LogP contribution is 2.30. The molecule has 1 aromatic carbocycles. The molecule has 6 nitrogen and oxygen atoms in total. The molecule has 1 amide bonds. The molecule has 0 aliphatic rings. The van der Waals surface area contributed by atoms with Crippen LogP contribution >= 0.6 is 27.3 Å². The summed E-state index contributed by atoms with van der Waals surface area (Å²) < 4.78 is 1.02. The maximum Gasteiger partial charge on any atom is 0.291 e. The average molecular weight is 446 g/mol. The van der Waals surface area contributed by atoms with Crippen LogP contribution in [0.25, 0.3) is 10.6 Å². The van der Waals surface area contributed by atoms with Crippen molar-refractivity contribution in [3.63, 3.8) is 0 Å². The van der Waals surface area contributed by atoms with Crippen LogP contribution < -0.4 is 10.3 Å². The second-order valence-electron chi connectivity index (χ2n) is 5.73. The molecule has 8 heteroatoms. The lowest BCUT2D eigenvalue weighted by atomic mass is 10.2. The van der Waals surface area contributed by atoms with Crippen molar-refractivity contribution in [1.29, 1.82) is 0 Å². The number of hydrogen-bond acceptors (Lipinski definition) is 5. The number of aromatic nitrogens is 2. The zero-order valence-electron chi connectivity index (χ0n) is 15.1. The van der Waals surface area contributed by atoms with Gasteiger partial charge in [-0.1, -0.05) is 12.1 Å². The van der Waals surface area contributed by atoms with E-state index in [2.05, 4.69) is 67.5 Å². The van der Waals surface area contributed by atoms with Gasteiger partial charge in [-0.15, -0.1) is 11.3 Å². The first-order valence-corrected chi connectivity index (χ1v) is 10.2. The van der Waals surface area contributed by atoms with Crippen LogP contribution in [0.15, 0.2) is 51.4 Å². The molecule has 2 aromatic heterocycles. The Morgan fingerprint density at radius 2 is 2.00 bits per heavy atom. The average Bonchev–Trinajstić information content (AvgIpc) is 3.33. The summed E-state index contributed by atoms with van der Waals surface area (Å²) in [5.41, 5.74) is 5.69. The van der Waals surface area contributed by atoms with Crippen molar-refractivity contribution in [2.75, 3.05) is 18.0 Å². The predicted molar refractivity (Wildman–Crippen MR) is 115 cm³/mol. The number of aromatic amines is 1. The molecule has 0 saturated heterocycles. The normalized spacial score (nSPS) is 11.1.